The molecule has 0 bridgehead atoms. The molecule has 6 heteroatoms. The number of nitrogens with two attached hydrogens (primary N) is 1. The molecule has 0 unspecified atom stereocenters. The van der Waals surface area contributed by atoms with Crippen molar-refractivity contribution in [2.24, 2.45) is 5.73 Å². The van der Waals surface area contributed by atoms with Crippen LogP contribution in [0.4, 0.5) is 4.79 Å². The molecule has 0 aliphatic carbocycles. The minimum Gasteiger partial charge on any atom is -0.445 e. The van der Waals surface area contributed by atoms with Crippen molar-refractivity contribution in [3.8, 4) is 0 Å². The molecule has 0 aromatic heterocycles. The van der Waals surface area contributed by atoms with E-state index in [1.807, 2.05) is 30.3 Å². The standard InChI is InChI=1S/C14H20N2O4/c15-12-7-16(11(8-17)6-13(12)18)14(19)20-9-10-4-2-1-3-5-10/h1-5,11-13,17-18H,6-9,15H2/t11-,12+,13-/m0/s1. The van der Waals surface area contributed by atoms with Gasteiger partial charge in [-0.1, -0.05) is 30.3 Å². The third-order valence-electron chi connectivity index (χ3n) is 3.51. The molecule has 0 spiro atoms. The van der Waals surface area contributed by atoms with Crippen molar-refractivity contribution in [1.29, 1.82) is 0 Å². The van der Waals surface area contributed by atoms with Gasteiger partial charge in [0, 0.05) is 12.6 Å². The Hall–Kier alpha value is -1.63. The normalized spacial score (nSPS) is 26.4. The molecule has 1 fully saturated rings. The van der Waals surface area contributed by atoms with Crippen LogP contribution in [0.1, 0.15) is 12.0 Å². The number of likely N-dealkylation sites (tertiary alicyclic amines) is 1. The van der Waals surface area contributed by atoms with E-state index < -0.39 is 24.3 Å². The van der Waals surface area contributed by atoms with Crippen LogP contribution in [0.3, 0.4) is 0 Å². The average molecular weight is 280 g/mol. The molecule has 1 aliphatic heterocycles. The Kier molecular flexibility index (Phi) is 4.94. The van der Waals surface area contributed by atoms with Crippen LogP contribution in [0.25, 0.3) is 0 Å². The second-order valence-electron chi connectivity index (χ2n) is 5.00. The molecule has 4 N–H and O–H groups in total. The van der Waals surface area contributed by atoms with Crippen molar-refractivity contribution < 1.29 is 19.7 Å². The highest BCUT2D eigenvalue weighted by Gasteiger charge is 2.35. The summed E-state index contributed by atoms with van der Waals surface area (Å²) < 4.78 is 5.22. The van der Waals surface area contributed by atoms with Gasteiger partial charge in [-0.15, -0.1) is 0 Å². The van der Waals surface area contributed by atoms with Crippen LogP contribution in [0, 0.1) is 0 Å². The summed E-state index contributed by atoms with van der Waals surface area (Å²) in [6, 6.07) is 8.39. The van der Waals surface area contributed by atoms with E-state index in [0.29, 0.717) is 0 Å². The largest absolute Gasteiger partial charge is 0.445 e. The first-order valence-electron chi connectivity index (χ1n) is 6.63. The first-order chi connectivity index (χ1) is 9.61. The predicted molar refractivity (Wildman–Crippen MR) is 72.8 cm³/mol. The fraction of sp³-hybridized carbons (Fsp3) is 0.500. The van der Waals surface area contributed by atoms with E-state index in [2.05, 4.69) is 0 Å². The smallest absolute Gasteiger partial charge is 0.410 e. The SMILES string of the molecule is N[C@@H]1CN(C(=O)OCc2ccccc2)[C@H](CO)C[C@@H]1O. The monoisotopic (exact) mass is 280 g/mol. The number of aliphatic hydroxyl groups is 2. The number of aliphatic hydroxyl groups excluding tert-OH is 2. The third kappa shape index (κ3) is 3.47. The highest BCUT2D eigenvalue weighted by molar-refractivity contribution is 5.68. The predicted octanol–water partition coefficient (Wildman–Crippen LogP) is 0.0780. The fourth-order valence-corrected chi connectivity index (χ4v) is 2.28. The molecule has 20 heavy (non-hydrogen) atoms. The molecule has 3 atom stereocenters. The van der Waals surface area contributed by atoms with Gasteiger partial charge in [-0.2, -0.15) is 0 Å². The molecule has 1 saturated heterocycles. The van der Waals surface area contributed by atoms with Crippen LogP contribution in [0.15, 0.2) is 30.3 Å². The van der Waals surface area contributed by atoms with Gasteiger partial charge in [0.25, 0.3) is 0 Å². The molecular weight excluding hydrogens is 260 g/mol. The minimum atomic E-state index is -0.703. The summed E-state index contributed by atoms with van der Waals surface area (Å²) >= 11 is 0. The van der Waals surface area contributed by atoms with Crippen LogP contribution >= 0.6 is 0 Å². The van der Waals surface area contributed by atoms with Crippen LogP contribution in [0.5, 0.6) is 0 Å². The van der Waals surface area contributed by atoms with Crippen molar-refractivity contribution in [3.63, 3.8) is 0 Å². The zero-order chi connectivity index (χ0) is 14.5. The minimum absolute atomic E-state index is 0.173. The number of rotatable bonds is 3. The van der Waals surface area contributed by atoms with E-state index in [0.717, 1.165) is 5.56 Å². The van der Waals surface area contributed by atoms with Gasteiger partial charge in [0.1, 0.15) is 6.61 Å². The summed E-state index contributed by atoms with van der Waals surface area (Å²) in [4.78, 5) is 13.4. The highest BCUT2D eigenvalue weighted by atomic mass is 16.6. The van der Waals surface area contributed by atoms with E-state index in [1.54, 1.807) is 0 Å². The molecule has 1 aliphatic rings. The topological polar surface area (TPSA) is 96.0 Å². The zero-order valence-electron chi connectivity index (χ0n) is 11.2. The lowest BCUT2D eigenvalue weighted by Gasteiger charge is -2.39. The Labute approximate surface area is 117 Å². The number of piperidine rings is 1. The van der Waals surface area contributed by atoms with Crippen molar-refractivity contribution in [2.75, 3.05) is 13.2 Å². The van der Waals surface area contributed by atoms with E-state index in [9.17, 15) is 15.0 Å². The third-order valence-corrected chi connectivity index (χ3v) is 3.51. The average Bonchev–Trinajstić information content (AvgIpc) is 2.48. The number of ether oxygens (including phenoxy) is 1. The lowest BCUT2D eigenvalue weighted by atomic mass is 9.97. The molecule has 1 aromatic carbocycles. The maximum Gasteiger partial charge on any atom is 0.410 e. The maximum atomic E-state index is 12.0. The van der Waals surface area contributed by atoms with E-state index in [-0.39, 0.29) is 26.2 Å². The van der Waals surface area contributed by atoms with Gasteiger partial charge < -0.3 is 25.6 Å². The zero-order valence-corrected chi connectivity index (χ0v) is 11.2. The molecule has 0 saturated carbocycles. The van der Waals surface area contributed by atoms with Crippen molar-refractivity contribution in [2.45, 2.75) is 31.2 Å². The van der Waals surface area contributed by atoms with Crippen LogP contribution in [-0.4, -0.2) is 52.5 Å². The second kappa shape index (κ2) is 6.69. The van der Waals surface area contributed by atoms with E-state index in [4.69, 9.17) is 10.5 Å². The molecule has 1 heterocycles. The highest BCUT2D eigenvalue weighted by Crippen LogP contribution is 2.18. The number of nitrogens with zero attached hydrogens (tertiary/aromatic N) is 1. The number of amides is 1. The number of benzene rings is 1. The quantitative estimate of drug-likeness (QED) is 0.728. The Morgan fingerprint density at radius 3 is 2.75 bits per heavy atom. The van der Waals surface area contributed by atoms with Gasteiger partial charge in [-0.05, 0) is 12.0 Å². The summed E-state index contributed by atoms with van der Waals surface area (Å²) in [6.45, 7) is 0.135. The summed E-state index contributed by atoms with van der Waals surface area (Å²) in [5, 5.41) is 19.0. The van der Waals surface area contributed by atoms with Gasteiger partial charge in [-0.25, -0.2) is 4.79 Å². The summed E-state index contributed by atoms with van der Waals surface area (Å²) in [5.41, 5.74) is 6.64. The van der Waals surface area contributed by atoms with Crippen LogP contribution in [0.2, 0.25) is 0 Å². The first-order valence-corrected chi connectivity index (χ1v) is 6.63. The van der Waals surface area contributed by atoms with Crippen molar-refractivity contribution in [1.82, 2.24) is 4.90 Å². The summed E-state index contributed by atoms with van der Waals surface area (Å²) in [6.07, 6.45) is -0.960. The molecule has 0 radical (unpaired) electrons. The van der Waals surface area contributed by atoms with Crippen molar-refractivity contribution >= 4 is 6.09 Å². The molecule has 110 valence electrons. The van der Waals surface area contributed by atoms with Gasteiger partial charge in [0.2, 0.25) is 0 Å². The fourth-order valence-electron chi connectivity index (χ4n) is 2.28. The Morgan fingerprint density at radius 1 is 1.40 bits per heavy atom. The van der Waals surface area contributed by atoms with Gasteiger partial charge in [0.15, 0.2) is 0 Å². The van der Waals surface area contributed by atoms with Crippen LogP contribution in [-0.2, 0) is 11.3 Å². The van der Waals surface area contributed by atoms with Gasteiger partial charge in [0.05, 0.1) is 18.8 Å². The Morgan fingerprint density at radius 2 is 2.10 bits per heavy atom. The number of hydrogen-bond donors (Lipinski definition) is 3. The number of hydrogen-bond acceptors (Lipinski definition) is 5. The molecule has 6 nitrogen and oxygen atoms in total. The molecule has 1 aromatic rings. The first kappa shape index (κ1) is 14.8. The van der Waals surface area contributed by atoms with E-state index in [1.165, 1.54) is 4.90 Å². The van der Waals surface area contributed by atoms with E-state index >= 15 is 0 Å². The second-order valence-corrected chi connectivity index (χ2v) is 5.00. The lowest BCUT2D eigenvalue weighted by Crippen LogP contribution is -2.58. The molecule has 2 rings (SSSR count). The number of carbonyl (C=O) groups is 1. The Bertz CT molecular complexity index is 440. The molecule has 1 amide bonds. The number of carbonyl (C=O) groups excluding carboxylic acids is 1. The summed E-state index contributed by atoms with van der Waals surface area (Å²) in [7, 11) is 0. The summed E-state index contributed by atoms with van der Waals surface area (Å²) in [5.74, 6) is 0. The molecular formula is C14H20N2O4. The lowest BCUT2D eigenvalue weighted by molar-refractivity contribution is -0.00176. The van der Waals surface area contributed by atoms with Gasteiger partial charge >= 0.3 is 6.09 Å². The maximum absolute atomic E-state index is 12.0. The van der Waals surface area contributed by atoms with Gasteiger partial charge in [-0.3, -0.25) is 0 Å². The van der Waals surface area contributed by atoms with Crippen molar-refractivity contribution in [3.05, 3.63) is 35.9 Å². The van der Waals surface area contributed by atoms with Crippen LogP contribution < -0.4 is 5.73 Å². The Balaban J connectivity index is 1.93.